The fraction of sp³-hybridized carbons (Fsp3) is 0.200. The van der Waals surface area contributed by atoms with Crippen LogP contribution in [0.4, 0.5) is 4.39 Å². The summed E-state index contributed by atoms with van der Waals surface area (Å²) in [7, 11) is 0. The third-order valence-corrected chi connectivity index (χ3v) is 2.55. The predicted octanol–water partition coefficient (Wildman–Crippen LogP) is 2.98. The van der Waals surface area contributed by atoms with Gasteiger partial charge in [0.2, 0.25) is 0 Å². The van der Waals surface area contributed by atoms with Crippen LogP contribution in [0, 0.1) is 5.82 Å². The van der Waals surface area contributed by atoms with Gasteiger partial charge in [0.15, 0.2) is 11.6 Å². The Hall–Kier alpha value is -2.43. The molecule has 2 rings (SSSR count). The Morgan fingerprint density at radius 3 is 2.80 bits per heavy atom. The summed E-state index contributed by atoms with van der Waals surface area (Å²) in [6.07, 6.45) is 1.61. The number of aromatic nitrogens is 1. The first-order chi connectivity index (χ1) is 9.72. The molecule has 1 heterocycles. The van der Waals surface area contributed by atoms with Gasteiger partial charge >= 0.3 is 5.97 Å². The third-order valence-electron chi connectivity index (χ3n) is 2.55. The third kappa shape index (κ3) is 3.32. The summed E-state index contributed by atoms with van der Waals surface area (Å²) in [5.41, 5.74) is 0.693. The molecule has 0 saturated heterocycles. The number of rotatable bonds is 5. The van der Waals surface area contributed by atoms with Gasteiger partial charge in [-0.3, -0.25) is 4.98 Å². The summed E-state index contributed by atoms with van der Waals surface area (Å²) in [5.74, 6) is -1.31. The zero-order valence-electron chi connectivity index (χ0n) is 11.0. The number of ether oxygens (including phenoxy) is 2. The van der Waals surface area contributed by atoms with E-state index < -0.39 is 11.8 Å². The molecule has 1 aromatic carbocycles. The molecule has 0 aliphatic rings. The highest BCUT2D eigenvalue weighted by molar-refractivity contribution is 5.92. The Morgan fingerprint density at radius 2 is 2.10 bits per heavy atom. The van der Waals surface area contributed by atoms with Crippen molar-refractivity contribution in [2.75, 3.05) is 6.61 Å². The molecular weight excluding hydrogens is 261 g/mol. The van der Waals surface area contributed by atoms with Gasteiger partial charge in [0, 0.05) is 6.20 Å². The summed E-state index contributed by atoms with van der Waals surface area (Å²) in [6.45, 7) is 2.01. The minimum atomic E-state index is -0.640. The summed E-state index contributed by atoms with van der Waals surface area (Å²) >= 11 is 0. The molecular formula is C15H14FNO3. The summed E-state index contributed by atoms with van der Waals surface area (Å²) in [5, 5.41) is 0. The highest BCUT2D eigenvalue weighted by Gasteiger charge is 2.17. The lowest BCUT2D eigenvalue weighted by Crippen LogP contribution is -2.09. The van der Waals surface area contributed by atoms with Crippen LogP contribution in [-0.2, 0) is 11.3 Å². The first kappa shape index (κ1) is 14.0. The van der Waals surface area contributed by atoms with E-state index in [9.17, 15) is 9.18 Å². The van der Waals surface area contributed by atoms with Crippen molar-refractivity contribution in [3.63, 3.8) is 0 Å². The average Bonchev–Trinajstić information content (AvgIpc) is 2.48. The van der Waals surface area contributed by atoms with Gasteiger partial charge in [-0.1, -0.05) is 12.1 Å². The Bertz CT molecular complexity index is 587. The molecule has 0 radical (unpaired) electrons. The molecule has 0 aliphatic heterocycles. The lowest BCUT2D eigenvalue weighted by molar-refractivity contribution is 0.0462. The van der Waals surface area contributed by atoms with E-state index in [0.717, 1.165) is 0 Å². The van der Waals surface area contributed by atoms with Crippen LogP contribution in [0.2, 0.25) is 0 Å². The number of halogens is 1. The van der Waals surface area contributed by atoms with Gasteiger partial charge in [0.05, 0.1) is 12.3 Å². The minimum absolute atomic E-state index is 0.0295. The summed E-state index contributed by atoms with van der Waals surface area (Å²) in [4.78, 5) is 16.0. The SMILES string of the molecule is CCOc1c(F)cccc1C(=O)OCc1ccccn1. The van der Waals surface area contributed by atoms with Crippen molar-refractivity contribution in [1.29, 1.82) is 0 Å². The Balaban J connectivity index is 2.11. The number of carbonyl (C=O) groups excluding carboxylic acids is 1. The van der Waals surface area contributed by atoms with E-state index in [0.29, 0.717) is 5.69 Å². The Morgan fingerprint density at radius 1 is 1.25 bits per heavy atom. The molecule has 0 unspecified atom stereocenters. The molecule has 0 fully saturated rings. The molecule has 2 aromatic rings. The monoisotopic (exact) mass is 275 g/mol. The van der Waals surface area contributed by atoms with Gasteiger partial charge in [-0.15, -0.1) is 0 Å². The largest absolute Gasteiger partial charge is 0.490 e. The quantitative estimate of drug-likeness (QED) is 0.787. The molecule has 0 saturated carbocycles. The second kappa shape index (κ2) is 6.65. The standard InChI is InChI=1S/C15H14FNO3/c1-2-19-14-12(7-5-8-13(14)16)15(18)20-10-11-6-3-4-9-17-11/h3-9H,2,10H2,1H3. The summed E-state index contributed by atoms with van der Waals surface area (Å²) in [6, 6.07) is 9.45. The highest BCUT2D eigenvalue weighted by Crippen LogP contribution is 2.23. The second-order valence-electron chi connectivity index (χ2n) is 3.95. The molecule has 104 valence electrons. The number of hydrogen-bond donors (Lipinski definition) is 0. The molecule has 1 aromatic heterocycles. The first-order valence-electron chi connectivity index (χ1n) is 6.20. The van der Waals surface area contributed by atoms with E-state index >= 15 is 0 Å². The number of pyridine rings is 1. The average molecular weight is 275 g/mol. The van der Waals surface area contributed by atoms with Crippen LogP contribution in [-0.4, -0.2) is 17.6 Å². The Labute approximate surface area is 116 Å². The van der Waals surface area contributed by atoms with E-state index in [1.807, 2.05) is 0 Å². The van der Waals surface area contributed by atoms with Crippen LogP contribution >= 0.6 is 0 Å². The van der Waals surface area contributed by atoms with Gasteiger partial charge < -0.3 is 9.47 Å². The minimum Gasteiger partial charge on any atom is -0.490 e. The van der Waals surface area contributed by atoms with Crippen molar-refractivity contribution in [2.45, 2.75) is 13.5 Å². The van der Waals surface area contributed by atoms with Crippen molar-refractivity contribution in [1.82, 2.24) is 4.98 Å². The Kier molecular flexibility index (Phi) is 4.65. The van der Waals surface area contributed by atoms with Crippen LogP contribution in [0.3, 0.4) is 0 Å². The van der Waals surface area contributed by atoms with Crippen molar-refractivity contribution < 1.29 is 18.7 Å². The van der Waals surface area contributed by atoms with Crippen LogP contribution < -0.4 is 4.74 Å². The van der Waals surface area contributed by atoms with Crippen molar-refractivity contribution in [3.05, 3.63) is 59.7 Å². The number of hydrogen-bond acceptors (Lipinski definition) is 4. The van der Waals surface area contributed by atoms with Gasteiger partial charge in [-0.2, -0.15) is 0 Å². The molecule has 0 N–H and O–H groups in total. The summed E-state index contributed by atoms with van der Waals surface area (Å²) < 4.78 is 23.9. The van der Waals surface area contributed by atoms with Gasteiger partial charge in [-0.25, -0.2) is 9.18 Å². The smallest absolute Gasteiger partial charge is 0.342 e. The van der Waals surface area contributed by atoms with Crippen molar-refractivity contribution in [2.24, 2.45) is 0 Å². The number of nitrogens with zero attached hydrogens (tertiary/aromatic N) is 1. The van der Waals surface area contributed by atoms with E-state index in [1.54, 1.807) is 31.3 Å². The fourth-order valence-corrected chi connectivity index (χ4v) is 1.66. The van der Waals surface area contributed by atoms with E-state index in [-0.39, 0.29) is 24.5 Å². The van der Waals surface area contributed by atoms with Crippen molar-refractivity contribution in [3.8, 4) is 5.75 Å². The van der Waals surface area contributed by atoms with E-state index in [1.165, 1.54) is 18.2 Å². The van der Waals surface area contributed by atoms with Gasteiger partial charge in [0.25, 0.3) is 0 Å². The van der Waals surface area contributed by atoms with Crippen LogP contribution in [0.15, 0.2) is 42.6 Å². The molecule has 0 aliphatic carbocycles. The van der Waals surface area contributed by atoms with E-state index in [2.05, 4.69) is 4.98 Å². The van der Waals surface area contributed by atoms with Gasteiger partial charge in [0.1, 0.15) is 12.2 Å². The van der Waals surface area contributed by atoms with Crippen LogP contribution in [0.25, 0.3) is 0 Å². The molecule has 0 spiro atoms. The fourth-order valence-electron chi connectivity index (χ4n) is 1.66. The normalized spacial score (nSPS) is 10.1. The number of para-hydroxylation sites is 1. The lowest BCUT2D eigenvalue weighted by Gasteiger charge is -2.10. The van der Waals surface area contributed by atoms with Crippen LogP contribution in [0.1, 0.15) is 23.0 Å². The first-order valence-corrected chi connectivity index (χ1v) is 6.20. The maximum atomic E-state index is 13.6. The predicted molar refractivity (Wildman–Crippen MR) is 70.9 cm³/mol. The molecule has 4 nitrogen and oxygen atoms in total. The van der Waals surface area contributed by atoms with Crippen molar-refractivity contribution >= 4 is 5.97 Å². The van der Waals surface area contributed by atoms with Crippen LogP contribution in [0.5, 0.6) is 5.75 Å². The zero-order valence-corrected chi connectivity index (χ0v) is 11.0. The number of benzene rings is 1. The molecule has 20 heavy (non-hydrogen) atoms. The second-order valence-corrected chi connectivity index (χ2v) is 3.95. The zero-order chi connectivity index (χ0) is 14.4. The molecule has 0 bridgehead atoms. The topological polar surface area (TPSA) is 48.4 Å². The number of carbonyl (C=O) groups is 1. The van der Waals surface area contributed by atoms with E-state index in [4.69, 9.17) is 9.47 Å². The molecule has 0 atom stereocenters. The lowest BCUT2D eigenvalue weighted by atomic mass is 10.2. The maximum Gasteiger partial charge on any atom is 0.342 e. The highest BCUT2D eigenvalue weighted by atomic mass is 19.1. The maximum absolute atomic E-state index is 13.6. The number of esters is 1. The molecule has 5 heteroatoms. The molecule has 0 amide bonds. The van der Waals surface area contributed by atoms with Gasteiger partial charge in [-0.05, 0) is 31.2 Å².